The fourth-order valence-corrected chi connectivity index (χ4v) is 2.37. The summed E-state index contributed by atoms with van der Waals surface area (Å²) >= 11 is 0. The third-order valence-corrected chi connectivity index (χ3v) is 3.73. The van der Waals surface area contributed by atoms with Gasteiger partial charge < -0.3 is 5.73 Å². The fourth-order valence-electron chi connectivity index (χ4n) is 2.37. The Balaban J connectivity index is 2.02. The predicted molar refractivity (Wildman–Crippen MR) is 63.2 cm³/mol. The Bertz CT molecular complexity index is 513. The van der Waals surface area contributed by atoms with E-state index in [2.05, 4.69) is 17.0 Å². The molecule has 84 valence electrons. The van der Waals surface area contributed by atoms with Crippen LogP contribution in [0.25, 0.3) is 5.65 Å². The normalized spacial score (nSPS) is 18.6. The standard InChI is InChI=1S/C12H16N4/c1-8(9-3-2-4-9)10-7-11(13)16-12(15-10)5-6-14-16/h5-9H,2-4,13H2,1H3. The van der Waals surface area contributed by atoms with Gasteiger partial charge in [-0.2, -0.15) is 9.61 Å². The summed E-state index contributed by atoms with van der Waals surface area (Å²) in [5.74, 6) is 1.98. The van der Waals surface area contributed by atoms with Crippen LogP contribution >= 0.6 is 0 Å². The number of nitrogens with zero attached hydrogens (tertiary/aromatic N) is 3. The van der Waals surface area contributed by atoms with Gasteiger partial charge in [-0.15, -0.1) is 0 Å². The van der Waals surface area contributed by atoms with Crippen molar-refractivity contribution in [3.63, 3.8) is 0 Å². The van der Waals surface area contributed by atoms with Crippen LogP contribution in [0, 0.1) is 5.92 Å². The van der Waals surface area contributed by atoms with Crippen LogP contribution in [0.4, 0.5) is 5.82 Å². The molecule has 3 rings (SSSR count). The van der Waals surface area contributed by atoms with E-state index in [-0.39, 0.29) is 0 Å². The molecule has 2 heterocycles. The first-order valence-electron chi connectivity index (χ1n) is 5.86. The molecule has 1 saturated carbocycles. The maximum Gasteiger partial charge on any atom is 0.157 e. The molecule has 1 aliphatic carbocycles. The summed E-state index contributed by atoms with van der Waals surface area (Å²) < 4.78 is 1.68. The van der Waals surface area contributed by atoms with Crippen LogP contribution in [-0.4, -0.2) is 14.6 Å². The van der Waals surface area contributed by atoms with Gasteiger partial charge in [-0.1, -0.05) is 13.3 Å². The number of nitrogen functional groups attached to an aromatic ring is 1. The number of rotatable bonds is 2. The largest absolute Gasteiger partial charge is 0.384 e. The number of hydrogen-bond acceptors (Lipinski definition) is 3. The quantitative estimate of drug-likeness (QED) is 0.837. The third kappa shape index (κ3) is 1.37. The van der Waals surface area contributed by atoms with Gasteiger partial charge in [0.2, 0.25) is 0 Å². The molecule has 1 aliphatic rings. The predicted octanol–water partition coefficient (Wildman–Crippen LogP) is 2.22. The average Bonchev–Trinajstić information content (AvgIpc) is 2.63. The second-order valence-electron chi connectivity index (χ2n) is 4.69. The van der Waals surface area contributed by atoms with Gasteiger partial charge in [0.25, 0.3) is 0 Å². The first kappa shape index (κ1) is 9.63. The van der Waals surface area contributed by atoms with E-state index >= 15 is 0 Å². The zero-order chi connectivity index (χ0) is 11.1. The smallest absolute Gasteiger partial charge is 0.157 e. The number of nitrogens with two attached hydrogens (primary N) is 1. The van der Waals surface area contributed by atoms with Crippen molar-refractivity contribution in [2.75, 3.05) is 5.73 Å². The van der Waals surface area contributed by atoms with Crippen molar-refractivity contribution < 1.29 is 0 Å². The van der Waals surface area contributed by atoms with Gasteiger partial charge in [0.1, 0.15) is 5.82 Å². The van der Waals surface area contributed by atoms with E-state index in [1.165, 1.54) is 19.3 Å². The molecule has 0 spiro atoms. The molecule has 2 N–H and O–H groups in total. The topological polar surface area (TPSA) is 56.2 Å². The third-order valence-electron chi connectivity index (χ3n) is 3.73. The molecule has 4 heteroatoms. The highest BCUT2D eigenvalue weighted by atomic mass is 15.3. The number of anilines is 1. The van der Waals surface area contributed by atoms with Crippen LogP contribution < -0.4 is 5.73 Å². The Hall–Kier alpha value is -1.58. The summed E-state index contributed by atoms with van der Waals surface area (Å²) in [7, 11) is 0. The lowest BCUT2D eigenvalue weighted by Gasteiger charge is -2.31. The minimum absolute atomic E-state index is 0.510. The molecule has 2 aromatic rings. The highest BCUT2D eigenvalue weighted by Gasteiger charge is 2.26. The zero-order valence-electron chi connectivity index (χ0n) is 9.43. The van der Waals surface area contributed by atoms with Crippen molar-refractivity contribution in [1.82, 2.24) is 14.6 Å². The van der Waals surface area contributed by atoms with Crippen molar-refractivity contribution in [2.24, 2.45) is 5.92 Å². The fraction of sp³-hybridized carbons (Fsp3) is 0.500. The molecule has 0 aromatic carbocycles. The lowest BCUT2D eigenvalue weighted by atomic mass is 9.75. The lowest BCUT2D eigenvalue weighted by molar-refractivity contribution is 0.269. The van der Waals surface area contributed by atoms with E-state index in [0.717, 1.165) is 17.3 Å². The molecular weight excluding hydrogens is 200 g/mol. The zero-order valence-corrected chi connectivity index (χ0v) is 9.43. The Morgan fingerprint density at radius 3 is 3.00 bits per heavy atom. The molecule has 4 nitrogen and oxygen atoms in total. The van der Waals surface area contributed by atoms with Crippen LogP contribution in [0.3, 0.4) is 0 Å². The van der Waals surface area contributed by atoms with Crippen LogP contribution in [-0.2, 0) is 0 Å². The number of aromatic nitrogens is 3. The molecule has 0 radical (unpaired) electrons. The number of fused-ring (bicyclic) bond motifs is 1. The Labute approximate surface area is 94.5 Å². The van der Waals surface area contributed by atoms with Crippen molar-refractivity contribution in [1.29, 1.82) is 0 Å². The van der Waals surface area contributed by atoms with E-state index in [1.807, 2.05) is 12.1 Å². The molecule has 1 unspecified atom stereocenters. The van der Waals surface area contributed by atoms with Crippen LogP contribution in [0.1, 0.15) is 37.8 Å². The van der Waals surface area contributed by atoms with E-state index in [0.29, 0.717) is 11.7 Å². The summed E-state index contributed by atoms with van der Waals surface area (Å²) in [5, 5.41) is 4.13. The van der Waals surface area contributed by atoms with Gasteiger partial charge in [0.05, 0.1) is 6.20 Å². The second-order valence-corrected chi connectivity index (χ2v) is 4.69. The minimum Gasteiger partial charge on any atom is -0.384 e. The molecule has 0 aliphatic heterocycles. The van der Waals surface area contributed by atoms with Gasteiger partial charge in [-0.3, -0.25) is 0 Å². The highest BCUT2D eigenvalue weighted by Crippen LogP contribution is 2.38. The SMILES string of the molecule is CC(c1cc(N)n2nccc2n1)C1CCC1. The van der Waals surface area contributed by atoms with E-state index in [1.54, 1.807) is 10.7 Å². The van der Waals surface area contributed by atoms with Gasteiger partial charge in [-0.05, 0) is 18.8 Å². The summed E-state index contributed by atoms with van der Waals surface area (Å²) in [5.41, 5.74) is 7.91. The molecule has 0 saturated heterocycles. The first-order chi connectivity index (χ1) is 7.75. The maximum atomic E-state index is 5.96. The molecule has 1 atom stereocenters. The molecule has 0 bridgehead atoms. The lowest BCUT2D eigenvalue weighted by Crippen LogP contribution is -2.19. The Morgan fingerprint density at radius 1 is 1.50 bits per heavy atom. The van der Waals surface area contributed by atoms with Gasteiger partial charge in [0, 0.05) is 23.7 Å². The Kier molecular flexibility index (Phi) is 2.09. The summed E-state index contributed by atoms with van der Waals surface area (Å²) in [4.78, 5) is 4.62. The van der Waals surface area contributed by atoms with Crippen LogP contribution in [0.5, 0.6) is 0 Å². The first-order valence-corrected chi connectivity index (χ1v) is 5.86. The Morgan fingerprint density at radius 2 is 2.31 bits per heavy atom. The average molecular weight is 216 g/mol. The van der Waals surface area contributed by atoms with Crippen LogP contribution in [0.2, 0.25) is 0 Å². The van der Waals surface area contributed by atoms with Crippen molar-refractivity contribution in [3.8, 4) is 0 Å². The van der Waals surface area contributed by atoms with Crippen LogP contribution in [0.15, 0.2) is 18.3 Å². The van der Waals surface area contributed by atoms with Crippen molar-refractivity contribution in [3.05, 3.63) is 24.0 Å². The van der Waals surface area contributed by atoms with E-state index in [4.69, 9.17) is 5.73 Å². The molecule has 0 amide bonds. The summed E-state index contributed by atoms with van der Waals surface area (Å²) in [6.07, 6.45) is 5.75. The second kappa shape index (κ2) is 3.47. The van der Waals surface area contributed by atoms with Crippen molar-refractivity contribution >= 4 is 11.5 Å². The molecule has 1 fully saturated rings. The summed E-state index contributed by atoms with van der Waals surface area (Å²) in [6, 6.07) is 3.86. The monoisotopic (exact) mass is 216 g/mol. The number of hydrogen-bond donors (Lipinski definition) is 1. The molecule has 2 aromatic heterocycles. The van der Waals surface area contributed by atoms with E-state index in [9.17, 15) is 0 Å². The van der Waals surface area contributed by atoms with Gasteiger partial charge >= 0.3 is 0 Å². The van der Waals surface area contributed by atoms with Gasteiger partial charge in [-0.25, -0.2) is 4.98 Å². The maximum absolute atomic E-state index is 5.96. The molecular formula is C12H16N4. The summed E-state index contributed by atoms with van der Waals surface area (Å²) in [6.45, 7) is 2.25. The highest BCUT2D eigenvalue weighted by molar-refractivity contribution is 5.47. The van der Waals surface area contributed by atoms with E-state index < -0.39 is 0 Å². The van der Waals surface area contributed by atoms with Crippen molar-refractivity contribution in [2.45, 2.75) is 32.1 Å². The van der Waals surface area contributed by atoms with Gasteiger partial charge in [0.15, 0.2) is 5.65 Å². The minimum atomic E-state index is 0.510. The molecule has 16 heavy (non-hydrogen) atoms.